The van der Waals surface area contributed by atoms with Crippen LogP contribution in [-0.2, 0) is 0 Å². The molecule has 0 atom stereocenters. The first-order chi connectivity index (χ1) is 16.6. The molecule has 0 saturated carbocycles. The molecule has 0 bridgehead atoms. The summed E-state index contributed by atoms with van der Waals surface area (Å²) < 4.78 is 22.0. The molecule has 1 aromatic heterocycles. The number of methoxy groups -OCH3 is 3. The summed E-state index contributed by atoms with van der Waals surface area (Å²) in [5, 5.41) is 3.66. The number of ether oxygens (including phenoxy) is 4. The maximum Gasteiger partial charge on any atom is 0.255 e. The smallest absolute Gasteiger partial charge is 0.255 e. The number of hydrogen-bond acceptors (Lipinski definition) is 6. The van der Waals surface area contributed by atoms with Crippen LogP contribution in [0.2, 0.25) is 0 Å². The van der Waals surface area contributed by atoms with E-state index in [0.717, 1.165) is 22.2 Å². The molecule has 0 aliphatic carbocycles. The number of carbonyl (C=O) groups excluding carboxylic acids is 1. The average molecular weight is 459 g/mol. The fourth-order valence-electron chi connectivity index (χ4n) is 3.72. The van der Waals surface area contributed by atoms with Crippen molar-refractivity contribution in [1.29, 1.82) is 0 Å². The zero-order valence-corrected chi connectivity index (χ0v) is 19.5. The van der Waals surface area contributed by atoms with Crippen LogP contribution in [0, 0.1) is 0 Å². The number of carbonyl (C=O) groups is 1. The van der Waals surface area contributed by atoms with Crippen LogP contribution in [0.3, 0.4) is 0 Å². The summed E-state index contributed by atoms with van der Waals surface area (Å²) in [5.41, 5.74) is 3.54. The van der Waals surface area contributed by atoms with Gasteiger partial charge in [-0.3, -0.25) is 4.79 Å². The second-order valence-corrected chi connectivity index (χ2v) is 7.40. The Morgan fingerprint density at radius 2 is 1.56 bits per heavy atom. The summed E-state index contributed by atoms with van der Waals surface area (Å²) in [5.74, 6) is 1.74. The van der Waals surface area contributed by atoms with Gasteiger partial charge in [0.05, 0.1) is 39.1 Å². The van der Waals surface area contributed by atoms with Crippen molar-refractivity contribution in [2.75, 3.05) is 33.3 Å². The molecule has 0 saturated heterocycles. The molecule has 4 rings (SSSR count). The van der Waals surface area contributed by atoms with Crippen molar-refractivity contribution in [1.82, 2.24) is 4.98 Å². The third-order valence-electron chi connectivity index (χ3n) is 5.32. The summed E-state index contributed by atoms with van der Waals surface area (Å²) in [7, 11) is 4.58. The fourth-order valence-corrected chi connectivity index (χ4v) is 3.72. The lowest BCUT2D eigenvalue weighted by atomic mass is 10.1. The number of amides is 1. The predicted molar refractivity (Wildman–Crippen MR) is 132 cm³/mol. The van der Waals surface area contributed by atoms with Crippen molar-refractivity contribution in [3.05, 3.63) is 72.3 Å². The van der Waals surface area contributed by atoms with Crippen LogP contribution in [0.5, 0.6) is 23.0 Å². The fraction of sp³-hybridized carbons (Fsp3) is 0.185. The first kappa shape index (κ1) is 22.9. The number of rotatable bonds is 8. The molecule has 0 aliphatic heterocycles. The van der Waals surface area contributed by atoms with E-state index in [1.54, 1.807) is 24.3 Å². The van der Waals surface area contributed by atoms with Gasteiger partial charge < -0.3 is 24.3 Å². The van der Waals surface area contributed by atoms with Gasteiger partial charge in [-0.05, 0) is 25.1 Å². The number of aromatic nitrogens is 1. The Balaban J connectivity index is 1.70. The number of nitrogens with one attached hydrogen (secondary N) is 1. The zero-order chi connectivity index (χ0) is 24.1. The van der Waals surface area contributed by atoms with Gasteiger partial charge in [0, 0.05) is 40.4 Å². The predicted octanol–water partition coefficient (Wildman–Crippen LogP) is 5.58. The Labute approximate surface area is 198 Å². The first-order valence-electron chi connectivity index (χ1n) is 10.8. The van der Waals surface area contributed by atoms with Gasteiger partial charge in [0.1, 0.15) is 5.75 Å². The zero-order valence-electron chi connectivity index (χ0n) is 19.5. The van der Waals surface area contributed by atoms with Crippen LogP contribution in [0.1, 0.15) is 17.3 Å². The highest BCUT2D eigenvalue weighted by atomic mass is 16.5. The van der Waals surface area contributed by atoms with Crippen LogP contribution in [-0.4, -0.2) is 38.8 Å². The largest absolute Gasteiger partial charge is 0.493 e. The maximum absolute atomic E-state index is 13.1. The molecule has 0 unspecified atom stereocenters. The van der Waals surface area contributed by atoms with Crippen molar-refractivity contribution < 1.29 is 23.7 Å². The normalized spacial score (nSPS) is 10.6. The van der Waals surface area contributed by atoms with E-state index in [4.69, 9.17) is 23.9 Å². The van der Waals surface area contributed by atoms with Crippen molar-refractivity contribution in [3.63, 3.8) is 0 Å². The molecule has 4 aromatic rings. The van der Waals surface area contributed by atoms with Crippen molar-refractivity contribution >= 4 is 22.5 Å². The molecular formula is C27H26N2O5. The van der Waals surface area contributed by atoms with Crippen LogP contribution in [0.4, 0.5) is 5.69 Å². The monoisotopic (exact) mass is 458 g/mol. The minimum absolute atomic E-state index is 0.286. The van der Waals surface area contributed by atoms with E-state index in [1.807, 2.05) is 49.4 Å². The summed E-state index contributed by atoms with van der Waals surface area (Å²) >= 11 is 0. The Kier molecular flexibility index (Phi) is 6.82. The Morgan fingerprint density at radius 1 is 0.853 bits per heavy atom. The van der Waals surface area contributed by atoms with Crippen molar-refractivity contribution in [2.45, 2.75) is 6.92 Å². The highest BCUT2D eigenvalue weighted by Gasteiger charge is 2.16. The molecule has 1 amide bonds. The molecule has 0 radical (unpaired) electrons. The lowest BCUT2D eigenvalue weighted by molar-refractivity contribution is 0.102. The van der Waals surface area contributed by atoms with Crippen LogP contribution < -0.4 is 24.3 Å². The van der Waals surface area contributed by atoms with Crippen LogP contribution in [0.15, 0.2) is 66.7 Å². The maximum atomic E-state index is 13.1. The molecule has 7 nitrogen and oxygen atoms in total. The first-order valence-corrected chi connectivity index (χ1v) is 10.8. The summed E-state index contributed by atoms with van der Waals surface area (Å²) in [6, 6.07) is 20.5. The lowest BCUT2D eigenvalue weighted by Crippen LogP contribution is -2.12. The molecule has 0 fully saturated rings. The minimum atomic E-state index is -0.286. The molecule has 0 aliphatic rings. The van der Waals surface area contributed by atoms with Crippen LogP contribution in [0.25, 0.3) is 22.2 Å². The number of anilines is 1. The van der Waals surface area contributed by atoms with E-state index in [0.29, 0.717) is 40.9 Å². The van der Waals surface area contributed by atoms with E-state index in [9.17, 15) is 4.79 Å². The summed E-state index contributed by atoms with van der Waals surface area (Å²) in [6.45, 7) is 2.42. The van der Waals surface area contributed by atoms with Gasteiger partial charge in [-0.2, -0.15) is 0 Å². The molecule has 1 N–H and O–H groups in total. The third kappa shape index (κ3) is 4.59. The highest BCUT2D eigenvalue weighted by Crippen LogP contribution is 2.40. The Morgan fingerprint density at radius 3 is 2.18 bits per heavy atom. The number of benzene rings is 3. The SMILES string of the molecule is CCOc1cc(-c2ccccc2)nc2ccc(C(=O)Nc3cc(OC)c(OC)c(OC)c3)cc12. The topological polar surface area (TPSA) is 78.9 Å². The Bertz CT molecular complexity index is 1300. The number of hydrogen-bond donors (Lipinski definition) is 1. The number of fused-ring (bicyclic) bond motifs is 1. The third-order valence-corrected chi connectivity index (χ3v) is 5.32. The molecule has 0 spiro atoms. The molecular weight excluding hydrogens is 432 g/mol. The molecule has 34 heavy (non-hydrogen) atoms. The molecule has 174 valence electrons. The van der Waals surface area contributed by atoms with E-state index < -0.39 is 0 Å². The van der Waals surface area contributed by atoms with E-state index in [-0.39, 0.29) is 5.91 Å². The summed E-state index contributed by atoms with van der Waals surface area (Å²) in [4.78, 5) is 17.9. The van der Waals surface area contributed by atoms with E-state index in [2.05, 4.69) is 5.32 Å². The highest BCUT2D eigenvalue weighted by molar-refractivity contribution is 6.07. The second kappa shape index (κ2) is 10.1. The second-order valence-electron chi connectivity index (χ2n) is 7.40. The Hall–Kier alpha value is -4.26. The van der Waals surface area contributed by atoms with Gasteiger partial charge in [-0.1, -0.05) is 30.3 Å². The summed E-state index contributed by atoms with van der Waals surface area (Å²) in [6.07, 6.45) is 0. The molecule has 7 heteroatoms. The van der Waals surface area contributed by atoms with Crippen LogP contribution >= 0.6 is 0 Å². The molecule has 1 heterocycles. The van der Waals surface area contributed by atoms with Gasteiger partial charge in [0.25, 0.3) is 5.91 Å². The van der Waals surface area contributed by atoms with Gasteiger partial charge in [-0.25, -0.2) is 4.98 Å². The van der Waals surface area contributed by atoms with Gasteiger partial charge in [0.15, 0.2) is 11.5 Å². The van der Waals surface area contributed by atoms with Crippen molar-refractivity contribution in [3.8, 4) is 34.3 Å². The number of pyridine rings is 1. The quantitative estimate of drug-likeness (QED) is 0.371. The van der Waals surface area contributed by atoms with Gasteiger partial charge in [-0.15, -0.1) is 0 Å². The van der Waals surface area contributed by atoms with Crippen molar-refractivity contribution in [2.24, 2.45) is 0 Å². The minimum Gasteiger partial charge on any atom is -0.493 e. The lowest BCUT2D eigenvalue weighted by Gasteiger charge is -2.15. The van der Waals surface area contributed by atoms with Gasteiger partial charge in [0.2, 0.25) is 5.75 Å². The average Bonchev–Trinajstić information content (AvgIpc) is 2.88. The van der Waals surface area contributed by atoms with E-state index >= 15 is 0 Å². The van der Waals surface area contributed by atoms with Gasteiger partial charge >= 0.3 is 0 Å². The standard InChI is InChI=1S/C27H26N2O5/c1-5-34-23-16-22(17-9-7-6-8-10-17)29-21-12-11-18(13-20(21)23)27(30)28-19-14-24(31-2)26(33-4)25(15-19)32-3/h6-16H,5H2,1-4H3,(H,28,30). The molecule has 3 aromatic carbocycles. The van der Waals surface area contributed by atoms with E-state index in [1.165, 1.54) is 21.3 Å². The number of nitrogens with zero attached hydrogens (tertiary/aromatic N) is 1.